The first kappa shape index (κ1) is 25.3. The average molecular weight is 500 g/mol. The van der Waals surface area contributed by atoms with Gasteiger partial charge in [-0.15, -0.1) is 0 Å². The monoisotopic (exact) mass is 499 g/mol. The lowest BCUT2D eigenvalue weighted by atomic mass is 10.1. The molecule has 0 aliphatic carbocycles. The van der Waals surface area contributed by atoms with Crippen molar-refractivity contribution in [2.24, 2.45) is 4.99 Å². The van der Waals surface area contributed by atoms with Gasteiger partial charge in [0.2, 0.25) is 5.91 Å². The summed E-state index contributed by atoms with van der Waals surface area (Å²) in [5, 5.41) is 3.50. The summed E-state index contributed by atoms with van der Waals surface area (Å²) >= 11 is 1.24. The Kier molecular flexibility index (Phi) is 7.60. The van der Waals surface area contributed by atoms with E-state index in [1.165, 1.54) is 11.8 Å². The van der Waals surface area contributed by atoms with Crippen molar-refractivity contribution >= 4 is 46.2 Å². The molecule has 0 saturated carbocycles. The van der Waals surface area contributed by atoms with Crippen LogP contribution in [-0.4, -0.2) is 29.8 Å². The quantitative estimate of drug-likeness (QED) is 0.420. The summed E-state index contributed by atoms with van der Waals surface area (Å²) in [4.78, 5) is 32.5. The molecule has 3 aromatic rings. The Hall–Kier alpha value is -3.84. The van der Waals surface area contributed by atoms with Crippen molar-refractivity contribution in [1.29, 1.82) is 0 Å². The minimum Gasteiger partial charge on any atom is -0.497 e. The van der Waals surface area contributed by atoms with Crippen molar-refractivity contribution in [3.05, 3.63) is 94.2 Å². The van der Waals surface area contributed by atoms with Gasteiger partial charge in [0, 0.05) is 5.69 Å². The fourth-order valence-corrected chi connectivity index (χ4v) is 4.97. The van der Waals surface area contributed by atoms with E-state index in [9.17, 15) is 9.59 Å². The first-order valence-electron chi connectivity index (χ1n) is 11.6. The van der Waals surface area contributed by atoms with Crippen LogP contribution >= 0.6 is 11.8 Å². The van der Waals surface area contributed by atoms with Gasteiger partial charge in [-0.1, -0.05) is 59.8 Å². The standard InChI is InChI=1S/C29H29N3O3S/c1-18-14-20(3)27(21(4)15-18)31-26(33)17-36-29-30-24(16-22-10-12-23(35-5)13-11-22)28(34)32(29)25-9-7-6-8-19(25)2/h6-16H,17H2,1-5H3,(H,31,33)/b24-16+. The molecule has 1 heterocycles. The predicted molar refractivity (Wildman–Crippen MR) is 149 cm³/mol. The van der Waals surface area contributed by atoms with Crippen LogP contribution in [0.2, 0.25) is 0 Å². The van der Waals surface area contributed by atoms with Crippen LogP contribution in [0.3, 0.4) is 0 Å². The highest BCUT2D eigenvalue weighted by Gasteiger charge is 2.33. The van der Waals surface area contributed by atoms with E-state index in [0.717, 1.165) is 44.9 Å². The molecule has 184 valence electrons. The number of para-hydroxylation sites is 1. The second-order valence-corrected chi connectivity index (χ2v) is 9.68. The Balaban J connectivity index is 1.59. The molecule has 1 N–H and O–H groups in total. The van der Waals surface area contributed by atoms with E-state index in [-0.39, 0.29) is 17.6 Å². The number of aryl methyl sites for hydroxylation is 4. The SMILES string of the molecule is COc1ccc(/C=C2/N=C(SCC(=O)Nc3c(C)cc(C)cc3C)N(c3ccccc3C)C2=O)cc1. The second kappa shape index (κ2) is 10.8. The number of carbonyl (C=O) groups excluding carboxylic acids is 2. The number of aliphatic imine (C=N–C) groups is 1. The van der Waals surface area contributed by atoms with E-state index in [1.807, 2.05) is 88.4 Å². The lowest BCUT2D eigenvalue weighted by Gasteiger charge is -2.20. The Bertz CT molecular complexity index is 1350. The van der Waals surface area contributed by atoms with Gasteiger partial charge in [0.1, 0.15) is 11.4 Å². The van der Waals surface area contributed by atoms with Gasteiger partial charge in [0.15, 0.2) is 5.17 Å². The van der Waals surface area contributed by atoms with Crippen LogP contribution in [0.15, 0.2) is 71.4 Å². The Morgan fingerprint density at radius 1 is 1.00 bits per heavy atom. The highest BCUT2D eigenvalue weighted by atomic mass is 32.2. The van der Waals surface area contributed by atoms with Crippen LogP contribution in [0.4, 0.5) is 11.4 Å². The van der Waals surface area contributed by atoms with Gasteiger partial charge in [0.25, 0.3) is 5.91 Å². The lowest BCUT2D eigenvalue weighted by Crippen LogP contribution is -2.31. The number of hydrogen-bond acceptors (Lipinski definition) is 5. The molecule has 4 rings (SSSR count). The zero-order valence-electron chi connectivity index (χ0n) is 21.1. The molecule has 6 nitrogen and oxygen atoms in total. The number of carbonyl (C=O) groups is 2. The number of nitrogens with zero attached hydrogens (tertiary/aromatic N) is 2. The number of nitrogens with one attached hydrogen (secondary N) is 1. The highest BCUT2D eigenvalue weighted by Crippen LogP contribution is 2.32. The lowest BCUT2D eigenvalue weighted by molar-refractivity contribution is -0.114. The zero-order chi connectivity index (χ0) is 25.8. The molecular weight excluding hydrogens is 470 g/mol. The number of thioether (sulfide) groups is 1. The van der Waals surface area contributed by atoms with Crippen LogP contribution in [0.1, 0.15) is 27.8 Å². The van der Waals surface area contributed by atoms with Crippen LogP contribution in [0, 0.1) is 27.7 Å². The minimum atomic E-state index is -0.228. The van der Waals surface area contributed by atoms with Crippen molar-refractivity contribution in [2.75, 3.05) is 23.1 Å². The molecule has 36 heavy (non-hydrogen) atoms. The number of amides is 2. The summed E-state index contributed by atoms with van der Waals surface area (Å²) < 4.78 is 5.22. The van der Waals surface area contributed by atoms with E-state index in [4.69, 9.17) is 4.74 Å². The predicted octanol–water partition coefficient (Wildman–Crippen LogP) is 6.04. The normalized spacial score (nSPS) is 14.2. The third-order valence-electron chi connectivity index (χ3n) is 5.88. The van der Waals surface area contributed by atoms with Gasteiger partial charge in [-0.3, -0.25) is 14.5 Å². The van der Waals surface area contributed by atoms with Gasteiger partial charge in [-0.2, -0.15) is 0 Å². The number of hydrogen-bond donors (Lipinski definition) is 1. The fourth-order valence-electron chi connectivity index (χ4n) is 4.16. The summed E-state index contributed by atoms with van der Waals surface area (Å²) in [5.41, 5.74) is 6.86. The van der Waals surface area contributed by atoms with Crippen LogP contribution < -0.4 is 15.0 Å². The van der Waals surface area contributed by atoms with Crippen molar-refractivity contribution in [3.63, 3.8) is 0 Å². The summed E-state index contributed by atoms with van der Waals surface area (Å²) in [6.45, 7) is 7.96. The maximum Gasteiger partial charge on any atom is 0.283 e. The molecule has 0 bridgehead atoms. The van der Waals surface area contributed by atoms with Gasteiger partial charge < -0.3 is 10.1 Å². The largest absolute Gasteiger partial charge is 0.497 e. The molecule has 0 spiro atoms. The van der Waals surface area contributed by atoms with E-state index >= 15 is 0 Å². The van der Waals surface area contributed by atoms with Crippen LogP contribution in [-0.2, 0) is 9.59 Å². The van der Waals surface area contributed by atoms with Gasteiger partial charge in [0.05, 0.1) is 18.6 Å². The maximum absolute atomic E-state index is 13.5. The van der Waals surface area contributed by atoms with Crippen molar-refractivity contribution in [3.8, 4) is 5.75 Å². The minimum absolute atomic E-state index is 0.122. The first-order chi connectivity index (χ1) is 17.3. The number of benzene rings is 3. The van der Waals surface area contributed by atoms with Crippen LogP contribution in [0.25, 0.3) is 6.08 Å². The van der Waals surface area contributed by atoms with Crippen molar-refractivity contribution in [1.82, 2.24) is 0 Å². The molecule has 0 radical (unpaired) electrons. The van der Waals surface area contributed by atoms with E-state index in [0.29, 0.717) is 10.9 Å². The maximum atomic E-state index is 13.5. The molecule has 0 atom stereocenters. The summed E-state index contributed by atoms with van der Waals surface area (Å²) in [6.07, 6.45) is 1.75. The van der Waals surface area contributed by atoms with Crippen molar-refractivity contribution in [2.45, 2.75) is 27.7 Å². The Morgan fingerprint density at radius 3 is 2.31 bits per heavy atom. The van der Waals surface area contributed by atoms with Gasteiger partial charge in [-0.25, -0.2) is 4.99 Å². The van der Waals surface area contributed by atoms with Gasteiger partial charge >= 0.3 is 0 Å². The van der Waals surface area contributed by atoms with Gasteiger partial charge in [-0.05, 0) is 74.2 Å². The number of amidine groups is 1. The number of anilines is 2. The molecule has 0 aromatic heterocycles. The fraction of sp³-hybridized carbons (Fsp3) is 0.207. The molecule has 2 amide bonds. The number of rotatable bonds is 6. The summed E-state index contributed by atoms with van der Waals surface area (Å²) in [7, 11) is 1.61. The number of ether oxygens (including phenoxy) is 1. The number of methoxy groups -OCH3 is 1. The van der Waals surface area contributed by atoms with E-state index in [2.05, 4.69) is 10.3 Å². The third kappa shape index (κ3) is 5.52. The van der Waals surface area contributed by atoms with E-state index in [1.54, 1.807) is 18.1 Å². The van der Waals surface area contributed by atoms with Crippen molar-refractivity contribution < 1.29 is 14.3 Å². The van der Waals surface area contributed by atoms with Crippen LogP contribution in [0.5, 0.6) is 5.75 Å². The average Bonchev–Trinajstić information content (AvgIpc) is 3.15. The molecule has 3 aromatic carbocycles. The molecule has 0 saturated heterocycles. The zero-order valence-corrected chi connectivity index (χ0v) is 21.9. The molecule has 7 heteroatoms. The molecule has 0 unspecified atom stereocenters. The first-order valence-corrected chi connectivity index (χ1v) is 12.6. The van der Waals surface area contributed by atoms with E-state index < -0.39 is 0 Å². The Labute approximate surface area is 216 Å². The summed E-state index contributed by atoms with van der Waals surface area (Å²) in [6, 6.07) is 19.2. The second-order valence-electron chi connectivity index (χ2n) is 8.73. The molecule has 1 aliphatic rings. The Morgan fingerprint density at radius 2 is 1.67 bits per heavy atom. The third-order valence-corrected chi connectivity index (χ3v) is 6.82. The molecule has 1 aliphatic heterocycles. The smallest absolute Gasteiger partial charge is 0.283 e. The molecular formula is C29H29N3O3S. The summed E-state index contributed by atoms with van der Waals surface area (Å²) in [5.74, 6) is 0.480. The topological polar surface area (TPSA) is 71.0 Å². The molecule has 0 fully saturated rings. The highest BCUT2D eigenvalue weighted by molar-refractivity contribution is 8.14.